The van der Waals surface area contributed by atoms with Gasteiger partial charge in [0.05, 0.1) is 7.11 Å². The molecule has 0 aromatic heterocycles. The minimum Gasteiger partial charge on any atom is -0.467 e. The highest BCUT2D eigenvalue weighted by Gasteiger charge is 2.28. The number of hydrogen-bond acceptors (Lipinski definition) is 4. The summed E-state index contributed by atoms with van der Waals surface area (Å²) in [5.41, 5.74) is 2.49. The van der Waals surface area contributed by atoms with Crippen molar-refractivity contribution in [2.75, 3.05) is 7.11 Å². The van der Waals surface area contributed by atoms with Crippen LogP contribution in [0.2, 0.25) is 0 Å². The van der Waals surface area contributed by atoms with Crippen molar-refractivity contribution >= 4 is 17.8 Å². The maximum absolute atomic E-state index is 13.1. The van der Waals surface area contributed by atoms with Gasteiger partial charge in [0.2, 0.25) is 5.91 Å². The highest BCUT2D eigenvalue weighted by molar-refractivity contribution is 5.98. The van der Waals surface area contributed by atoms with Gasteiger partial charge in [-0.3, -0.25) is 9.59 Å². The number of nitrogens with one attached hydrogen (secondary N) is 2. The molecule has 0 aliphatic rings. The maximum Gasteiger partial charge on any atom is 0.328 e. The van der Waals surface area contributed by atoms with Crippen molar-refractivity contribution in [3.63, 3.8) is 0 Å². The van der Waals surface area contributed by atoms with Crippen molar-refractivity contribution in [3.05, 3.63) is 71.3 Å². The lowest BCUT2D eigenvalue weighted by Crippen LogP contribution is -2.52. The number of esters is 1. The molecular weight excluding hydrogens is 416 g/mol. The average Bonchev–Trinajstić information content (AvgIpc) is 2.77. The van der Waals surface area contributed by atoms with Gasteiger partial charge in [-0.15, -0.1) is 0 Å². The van der Waals surface area contributed by atoms with Gasteiger partial charge in [-0.1, -0.05) is 77.1 Å². The third kappa shape index (κ3) is 8.04. The first kappa shape index (κ1) is 26.1. The van der Waals surface area contributed by atoms with E-state index in [0.29, 0.717) is 18.4 Å². The molecule has 0 saturated carbocycles. The lowest BCUT2D eigenvalue weighted by Gasteiger charge is -2.24. The van der Waals surface area contributed by atoms with Gasteiger partial charge in [0.1, 0.15) is 12.1 Å². The van der Waals surface area contributed by atoms with E-state index in [1.807, 2.05) is 56.3 Å². The number of benzene rings is 2. The molecule has 0 fully saturated rings. The Morgan fingerprint density at radius 1 is 0.879 bits per heavy atom. The summed E-state index contributed by atoms with van der Waals surface area (Å²) in [6, 6.07) is 15.2. The molecular formula is C27H36N2O4. The second kappa shape index (κ2) is 11.6. The van der Waals surface area contributed by atoms with E-state index >= 15 is 0 Å². The molecule has 0 aliphatic heterocycles. The van der Waals surface area contributed by atoms with Gasteiger partial charge < -0.3 is 15.4 Å². The summed E-state index contributed by atoms with van der Waals surface area (Å²) in [5, 5.41) is 5.62. The number of ether oxygens (including phenoxy) is 1. The summed E-state index contributed by atoms with van der Waals surface area (Å²) in [4.78, 5) is 38.3. The zero-order valence-corrected chi connectivity index (χ0v) is 20.5. The summed E-state index contributed by atoms with van der Waals surface area (Å²) < 4.78 is 4.89. The van der Waals surface area contributed by atoms with E-state index in [1.54, 1.807) is 12.1 Å². The van der Waals surface area contributed by atoms with Gasteiger partial charge in [-0.2, -0.15) is 0 Å². The van der Waals surface area contributed by atoms with Gasteiger partial charge in [-0.25, -0.2) is 4.79 Å². The molecule has 6 heteroatoms. The smallest absolute Gasteiger partial charge is 0.328 e. The van der Waals surface area contributed by atoms with Crippen LogP contribution < -0.4 is 10.6 Å². The van der Waals surface area contributed by atoms with Crippen molar-refractivity contribution in [2.45, 2.75) is 65.0 Å². The van der Waals surface area contributed by atoms with Crippen LogP contribution >= 0.6 is 0 Å². The Bertz CT molecular complexity index is 931. The average molecular weight is 453 g/mol. The van der Waals surface area contributed by atoms with Gasteiger partial charge in [0.15, 0.2) is 0 Å². The molecule has 0 bridgehead atoms. The molecule has 0 heterocycles. The molecule has 2 rings (SSSR count). The van der Waals surface area contributed by atoms with E-state index in [0.717, 1.165) is 11.1 Å². The Labute approximate surface area is 197 Å². The van der Waals surface area contributed by atoms with E-state index < -0.39 is 24.0 Å². The van der Waals surface area contributed by atoms with Gasteiger partial charge in [0.25, 0.3) is 5.91 Å². The highest BCUT2D eigenvalue weighted by atomic mass is 16.5. The topological polar surface area (TPSA) is 84.5 Å². The highest BCUT2D eigenvalue weighted by Crippen LogP contribution is 2.22. The van der Waals surface area contributed by atoms with E-state index in [4.69, 9.17) is 4.74 Å². The van der Waals surface area contributed by atoms with Gasteiger partial charge in [0, 0.05) is 12.0 Å². The molecule has 0 aliphatic carbocycles. The van der Waals surface area contributed by atoms with Crippen LogP contribution in [0.4, 0.5) is 0 Å². The molecule has 2 atom stereocenters. The first-order valence-corrected chi connectivity index (χ1v) is 11.3. The Hall–Kier alpha value is -3.15. The molecule has 2 N–H and O–H groups in total. The van der Waals surface area contributed by atoms with Crippen molar-refractivity contribution < 1.29 is 19.1 Å². The molecule has 178 valence electrons. The van der Waals surface area contributed by atoms with E-state index in [2.05, 4.69) is 31.4 Å². The quantitative estimate of drug-likeness (QED) is 0.563. The van der Waals surface area contributed by atoms with E-state index in [-0.39, 0.29) is 17.2 Å². The van der Waals surface area contributed by atoms with Crippen LogP contribution in [0.5, 0.6) is 0 Å². The van der Waals surface area contributed by atoms with Crippen LogP contribution in [0.25, 0.3) is 0 Å². The van der Waals surface area contributed by atoms with Crippen molar-refractivity contribution in [3.8, 4) is 0 Å². The molecule has 6 nitrogen and oxygen atoms in total. The molecule has 2 aromatic rings. The van der Waals surface area contributed by atoms with E-state index in [9.17, 15) is 14.4 Å². The summed E-state index contributed by atoms with van der Waals surface area (Å²) in [6.07, 6.45) is 0.743. The van der Waals surface area contributed by atoms with Crippen LogP contribution in [0.3, 0.4) is 0 Å². The van der Waals surface area contributed by atoms with Crippen LogP contribution in [-0.4, -0.2) is 37.0 Å². The number of hydrogen-bond donors (Lipinski definition) is 2. The number of carbonyl (C=O) groups is 3. The fourth-order valence-electron chi connectivity index (χ4n) is 3.52. The first-order chi connectivity index (χ1) is 15.5. The van der Waals surface area contributed by atoms with E-state index in [1.165, 1.54) is 7.11 Å². The first-order valence-electron chi connectivity index (χ1n) is 11.3. The Kier molecular flexibility index (Phi) is 9.21. The van der Waals surface area contributed by atoms with Gasteiger partial charge in [-0.05, 0) is 41.0 Å². The third-order valence-electron chi connectivity index (χ3n) is 5.43. The molecule has 0 spiro atoms. The predicted molar refractivity (Wildman–Crippen MR) is 130 cm³/mol. The largest absolute Gasteiger partial charge is 0.467 e. The minimum atomic E-state index is -0.845. The van der Waals surface area contributed by atoms with Gasteiger partial charge >= 0.3 is 5.97 Å². The van der Waals surface area contributed by atoms with Crippen LogP contribution in [0.1, 0.15) is 62.5 Å². The normalized spacial score (nSPS) is 13.2. The van der Waals surface area contributed by atoms with Crippen molar-refractivity contribution in [2.24, 2.45) is 5.92 Å². The fourth-order valence-corrected chi connectivity index (χ4v) is 3.52. The van der Waals surface area contributed by atoms with Crippen molar-refractivity contribution in [1.29, 1.82) is 0 Å². The molecule has 33 heavy (non-hydrogen) atoms. The zero-order chi connectivity index (χ0) is 24.6. The monoisotopic (exact) mass is 452 g/mol. The van der Waals surface area contributed by atoms with Crippen LogP contribution in [0, 0.1) is 5.92 Å². The Morgan fingerprint density at radius 2 is 1.48 bits per heavy atom. The minimum absolute atomic E-state index is 0.0171. The summed E-state index contributed by atoms with van der Waals surface area (Å²) in [5.74, 6) is -1.10. The number of carbonyl (C=O) groups excluding carboxylic acids is 3. The molecule has 0 unspecified atom stereocenters. The van der Waals surface area contributed by atoms with Crippen LogP contribution in [0.15, 0.2) is 54.6 Å². The Balaban J connectivity index is 2.15. The SMILES string of the molecule is COC(=O)[C@@H](Cc1ccccc1)NC(=O)[C@H](CC(C)C)NC(=O)c1ccc(C(C)(C)C)cc1. The molecule has 2 amide bonds. The predicted octanol–water partition coefficient (Wildman–Crippen LogP) is 4.03. The number of rotatable bonds is 9. The second-order valence-electron chi connectivity index (χ2n) is 9.76. The maximum atomic E-state index is 13.1. The third-order valence-corrected chi connectivity index (χ3v) is 5.43. The second-order valence-corrected chi connectivity index (χ2v) is 9.76. The lowest BCUT2D eigenvalue weighted by atomic mass is 9.86. The van der Waals surface area contributed by atoms with Crippen molar-refractivity contribution in [1.82, 2.24) is 10.6 Å². The number of amides is 2. The standard InChI is InChI=1S/C27H36N2O4/c1-18(2)16-22(28-24(30)20-12-14-21(15-13-20)27(3,4)5)25(31)29-23(26(32)33-6)17-19-10-8-7-9-11-19/h7-15,18,22-23H,16-17H2,1-6H3,(H,28,30)(H,29,31)/t22-,23+/m0/s1. The summed E-state index contributed by atoms with van der Waals surface area (Å²) in [6.45, 7) is 10.3. The summed E-state index contributed by atoms with van der Waals surface area (Å²) >= 11 is 0. The fraction of sp³-hybridized carbons (Fsp3) is 0.444. The van der Waals surface area contributed by atoms with Crippen LogP contribution in [-0.2, 0) is 26.2 Å². The number of methoxy groups -OCH3 is 1. The lowest BCUT2D eigenvalue weighted by molar-refractivity contribution is -0.145. The Morgan fingerprint density at radius 3 is 2.00 bits per heavy atom. The molecule has 0 radical (unpaired) electrons. The zero-order valence-electron chi connectivity index (χ0n) is 20.5. The molecule has 0 saturated heterocycles. The molecule has 2 aromatic carbocycles. The summed E-state index contributed by atoms with van der Waals surface area (Å²) in [7, 11) is 1.29.